The Morgan fingerprint density at radius 2 is 0.925 bits per heavy atom. The molecule has 4 aromatic carbocycles. The maximum absolute atomic E-state index is 15.2. The number of unbranched alkanes of at least 4 members (excludes halogenated alkanes) is 7. The van der Waals surface area contributed by atoms with Crippen molar-refractivity contribution in [3.8, 4) is 39.1 Å². The van der Waals surface area contributed by atoms with Crippen LogP contribution in [0.15, 0.2) is 84.9 Å². The van der Waals surface area contributed by atoms with Crippen LogP contribution in [0.25, 0.3) is 33.4 Å². The molecular formula is C37H42F2O. The summed E-state index contributed by atoms with van der Waals surface area (Å²) in [4.78, 5) is 0. The monoisotopic (exact) mass is 540 g/mol. The SMILES string of the molecule is CCCCCCCCCCOc1ccc(-c2ccc(-c3ccc(-c4ccc(CCC)cc4)cc3)c(F)c2F)cc1. The van der Waals surface area contributed by atoms with Crippen molar-refractivity contribution in [2.45, 2.75) is 78.1 Å². The van der Waals surface area contributed by atoms with Gasteiger partial charge in [-0.15, -0.1) is 0 Å². The lowest BCUT2D eigenvalue weighted by Crippen LogP contribution is -1.98. The Labute approximate surface area is 239 Å². The van der Waals surface area contributed by atoms with Gasteiger partial charge in [-0.25, -0.2) is 8.78 Å². The molecular weight excluding hydrogens is 498 g/mol. The van der Waals surface area contributed by atoms with Gasteiger partial charge >= 0.3 is 0 Å². The highest BCUT2D eigenvalue weighted by molar-refractivity contribution is 5.74. The largest absolute Gasteiger partial charge is 0.494 e. The van der Waals surface area contributed by atoms with Crippen LogP contribution in [0.2, 0.25) is 0 Å². The van der Waals surface area contributed by atoms with Crippen LogP contribution in [-0.4, -0.2) is 6.61 Å². The average molecular weight is 541 g/mol. The first kappa shape index (κ1) is 29.5. The predicted octanol–water partition coefficient (Wildman–Crippen LogP) is 11.4. The molecule has 40 heavy (non-hydrogen) atoms. The van der Waals surface area contributed by atoms with Gasteiger partial charge in [0.2, 0.25) is 0 Å². The number of hydrogen-bond donors (Lipinski definition) is 0. The number of aryl methyl sites for hydroxylation is 1. The number of benzene rings is 4. The molecule has 1 nitrogen and oxygen atoms in total. The molecule has 0 amide bonds. The van der Waals surface area contributed by atoms with Crippen LogP contribution in [0.3, 0.4) is 0 Å². The highest BCUT2D eigenvalue weighted by Crippen LogP contribution is 2.33. The van der Waals surface area contributed by atoms with Crippen LogP contribution < -0.4 is 4.74 Å². The first-order chi connectivity index (χ1) is 19.6. The van der Waals surface area contributed by atoms with Crippen molar-refractivity contribution in [3.05, 3.63) is 102 Å². The van der Waals surface area contributed by atoms with Crippen molar-refractivity contribution in [2.75, 3.05) is 6.61 Å². The van der Waals surface area contributed by atoms with Gasteiger partial charge in [-0.1, -0.05) is 138 Å². The van der Waals surface area contributed by atoms with Gasteiger partial charge in [0.25, 0.3) is 0 Å². The van der Waals surface area contributed by atoms with Crippen LogP contribution in [0.5, 0.6) is 5.75 Å². The van der Waals surface area contributed by atoms with Crippen LogP contribution in [-0.2, 0) is 6.42 Å². The van der Waals surface area contributed by atoms with E-state index in [-0.39, 0.29) is 11.1 Å². The third-order valence-corrected chi connectivity index (χ3v) is 7.54. The summed E-state index contributed by atoms with van der Waals surface area (Å²) in [7, 11) is 0. The standard InChI is InChI=1S/C37H42F2O/c1-3-5-6-7-8-9-10-11-27-40-33-23-21-32(22-24-33)35-26-25-34(36(38)37(35)39)31-19-17-30(18-20-31)29-15-13-28(12-4-2)14-16-29/h13-26H,3-12,27H2,1-2H3. The van der Waals surface area contributed by atoms with E-state index < -0.39 is 11.6 Å². The van der Waals surface area contributed by atoms with E-state index >= 15 is 8.78 Å². The van der Waals surface area contributed by atoms with Gasteiger partial charge < -0.3 is 4.74 Å². The van der Waals surface area contributed by atoms with Gasteiger partial charge in [0.1, 0.15) is 5.75 Å². The number of ether oxygens (including phenoxy) is 1. The summed E-state index contributed by atoms with van der Waals surface area (Å²) in [6, 6.07) is 26.7. The van der Waals surface area contributed by atoms with Crippen molar-refractivity contribution >= 4 is 0 Å². The van der Waals surface area contributed by atoms with E-state index in [9.17, 15) is 0 Å². The molecule has 0 aliphatic carbocycles. The van der Waals surface area contributed by atoms with Crippen molar-refractivity contribution in [1.82, 2.24) is 0 Å². The van der Waals surface area contributed by atoms with E-state index in [1.807, 2.05) is 36.4 Å². The summed E-state index contributed by atoms with van der Waals surface area (Å²) in [5.41, 5.74) is 5.27. The highest BCUT2D eigenvalue weighted by atomic mass is 19.2. The van der Waals surface area contributed by atoms with Crippen LogP contribution >= 0.6 is 0 Å². The molecule has 0 saturated carbocycles. The minimum atomic E-state index is -0.833. The number of rotatable bonds is 15. The molecule has 4 rings (SSSR count). The summed E-state index contributed by atoms with van der Waals surface area (Å²) < 4.78 is 36.3. The zero-order chi connectivity index (χ0) is 28.2. The van der Waals surface area contributed by atoms with Gasteiger partial charge in [-0.3, -0.25) is 0 Å². The minimum absolute atomic E-state index is 0.250. The summed E-state index contributed by atoms with van der Waals surface area (Å²) in [5.74, 6) is -0.908. The van der Waals surface area contributed by atoms with Gasteiger partial charge in [0, 0.05) is 11.1 Å². The van der Waals surface area contributed by atoms with Crippen molar-refractivity contribution < 1.29 is 13.5 Å². The number of halogens is 2. The molecule has 0 spiro atoms. The van der Waals surface area contributed by atoms with Crippen molar-refractivity contribution in [1.29, 1.82) is 0 Å². The predicted molar refractivity (Wildman–Crippen MR) is 165 cm³/mol. The summed E-state index contributed by atoms with van der Waals surface area (Å²) >= 11 is 0. The lowest BCUT2D eigenvalue weighted by atomic mass is 9.96. The normalized spacial score (nSPS) is 11.1. The Morgan fingerprint density at radius 1 is 0.475 bits per heavy atom. The molecule has 0 unspecified atom stereocenters. The molecule has 0 aromatic heterocycles. The molecule has 0 bridgehead atoms. The van der Waals surface area contributed by atoms with E-state index in [0.29, 0.717) is 17.7 Å². The Balaban J connectivity index is 1.34. The van der Waals surface area contributed by atoms with E-state index in [1.165, 1.54) is 50.5 Å². The van der Waals surface area contributed by atoms with Crippen LogP contribution in [0, 0.1) is 11.6 Å². The third kappa shape index (κ3) is 8.03. The number of hydrogen-bond acceptors (Lipinski definition) is 1. The molecule has 0 saturated heterocycles. The van der Waals surface area contributed by atoms with E-state index in [1.54, 1.807) is 24.3 Å². The maximum Gasteiger partial charge on any atom is 0.167 e. The molecule has 0 atom stereocenters. The molecule has 0 aliphatic rings. The Bertz CT molecular complexity index is 1310. The first-order valence-corrected chi connectivity index (χ1v) is 15.0. The molecule has 0 fully saturated rings. The second-order valence-corrected chi connectivity index (χ2v) is 10.7. The molecule has 3 heteroatoms. The lowest BCUT2D eigenvalue weighted by Gasteiger charge is -2.11. The van der Waals surface area contributed by atoms with Gasteiger partial charge in [0.15, 0.2) is 11.6 Å². The van der Waals surface area contributed by atoms with Crippen LogP contribution in [0.4, 0.5) is 8.78 Å². The quantitative estimate of drug-likeness (QED) is 0.136. The highest BCUT2D eigenvalue weighted by Gasteiger charge is 2.16. The van der Waals surface area contributed by atoms with Gasteiger partial charge in [0.05, 0.1) is 6.61 Å². The molecule has 0 N–H and O–H groups in total. The fraction of sp³-hybridized carbons (Fsp3) is 0.351. The smallest absolute Gasteiger partial charge is 0.167 e. The summed E-state index contributed by atoms with van der Waals surface area (Å²) in [5, 5.41) is 0. The first-order valence-electron chi connectivity index (χ1n) is 15.0. The third-order valence-electron chi connectivity index (χ3n) is 7.54. The summed E-state index contributed by atoms with van der Waals surface area (Å²) in [6.07, 6.45) is 12.2. The van der Waals surface area contributed by atoms with Gasteiger partial charge in [-0.2, -0.15) is 0 Å². The van der Waals surface area contributed by atoms with Crippen LogP contribution in [0.1, 0.15) is 77.2 Å². The van der Waals surface area contributed by atoms with E-state index in [0.717, 1.165) is 36.1 Å². The summed E-state index contributed by atoms with van der Waals surface area (Å²) in [6.45, 7) is 5.09. The average Bonchev–Trinajstić information content (AvgIpc) is 2.99. The Kier molecular flexibility index (Phi) is 11.3. The van der Waals surface area contributed by atoms with Crippen molar-refractivity contribution in [2.24, 2.45) is 0 Å². The molecule has 0 heterocycles. The topological polar surface area (TPSA) is 9.23 Å². The van der Waals surface area contributed by atoms with Crippen molar-refractivity contribution in [3.63, 3.8) is 0 Å². The second-order valence-electron chi connectivity index (χ2n) is 10.7. The fourth-order valence-corrected chi connectivity index (χ4v) is 5.15. The zero-order valence-corrected chi connectivity index (χ0v) is 24.0. The molecule has 0 aliphatic heterocycles. The maximum atomic E-state index is 15.2. The lowest BCUT2D eigenvalue weighted by molar-refractivity contribution is 0.304. The van der Waals surface area contributed by atoms with E-state index in [2.05, 4.69) is 38.1 Å². The van der Waals surface area contributed by atoms with Gasteiger partial charge in [-0.05, 0) is 52.8 Å². The molecule has 210 valence electrons. The fourth-order valence-electron chi connectivity index (χ4n) is 5.15. The molecule has 4 aromatic rings. The Hall–Kier alpha value is -3.46. The minimum Gasteiger partial charge on any atom is -0.494 e. The second kappa shape index (κ2) is 15.4. The zero-order valence-electron chi connectivity index (χ0n) is 24.0. The van der Waals surface area contributed by atoms with E-state index in [4.69, 9.17) is 4.74 Å². The Morgan fingerprint density at radius 3 is 1.45 bits per heavy atom. The molecule has 0 radical (unpaired) electrons.